The first-order chi connectivity index (χ1) is 14.6. The third-order valence-electron chi connectivity index (χ3n) is 5.05. The quantitative estimate of drug-likeness (QED) is 0.537. The summed E-state index contributed by atoms with van der Waals surface area (Å²) in [5.41, 5.74) is 8.00. The average Bonchev–Trinajstić information content (AvgIpc) is 3.35. The molecule has 1 fully saturated rings. The highest BCUT2D eigenvalue weighted by molar-refractivity contribution is 5.92. The standard InChI is InChI=1S/C21H24N6O3/c1-13(22)12-29-20-4-3-19-24-10-16(27(19)25-20)18-9-15-17(30-18)5-6-23-21(15)26-7-8-28-14(2)11-26/h3-6,9-10,13-14H,7-8,11-12,22H2,1-2H3/t13-,14-/m0/s1. The fraction of sp³-hybridized carbons (Fsp3) is 0.381. The van der Waals surface area contributed by atoms with E-state index in [1.165, 1.54) is 0 Å². The van der Waals surface area contributed by atoms with Crippen molar-refractivity contribution in [3.63, 3.8) is 0 Å². The molecule has 5 rings (SSSR count). The van der Waals surface area contributed by atoms with Crippen molar-refractivity contribution in [3.8, 4) is 17.3 Å². The molecule has 0 saturated carbocycles. The number of rotatable bonds is 5. The maximum atomic E-state index is 6.16. The van der Waals surface area contributed by atoms with Crippen molar-refractivity contribution in [3.05, 3.63) is 36.7 Å². The molecule has 156 valence electrons. The van der Waals surface area contributed by atoms with Crippen molar-refractivity contribution in [1.82, 2.24) is 19.6 Å². The Balaban J connectivity index is 1.54. The van der Waals surface area contributed by atoms with Gasteiger partial charge in [-0.1, -0.05) is 0 Å². The van der Waals surface area contributed by atoms with Crippen LogP contribution in [0.5, 0.6) is 5.88 Å². The van der Waals surface area contributed by atoms with Crippen molar-refractivity contribution < 1.29 is 13.9 Å². The average molecular weight is 408 g/mol. The third kappa shape index (κ3) is 3.46. The van der Waals surface area contributed by atoms with Gasteiger partial charge in [0.05, 0.1) is 24.3 Å². The number of ether oxygens (including phenoxy) is 2. The van der Waals surface area contributed by atoms with Gasteiger partial charge in [0.1, 0.15) is 23.7 Å². The lowest BCUT2D eigenvalue weighted by molar-refractivity contribution is 0.0530. The van der Waals surface area contributed by atoms with E-state index in [9.17, 15) is 0 Å². The normalized spacial score (nSPS) is 18.2. The number of hydrogen-bond donors (Lipinski definition) is 1. The summed E-state index contributed by atoms with van der Waals surface area (Å²) in [6, 6.07) is 7.44. The highest BCUT2D eigenvalue weighted by atomic mass is 16.5. The summed E-state index contributed by atoms with van der Waals surface area (Å²) in [6.07, 6.45) is 3.69. The molecular weight excluding hydrogens is 384 g/mol. The summed E-state index contributed by atoms with van der Waals surface area (Å²) in [6.45, 7) is 6.63. The van der Waals surface area contributed by atoms with Crippen LogP contribution in [0.2, 0.25) is 0 Å². The molecule has 0 amide bonds. The van der Waals surface area contributed by atoms with Crippen LogP contribution in [0.25, 0.3) is 28.1 Å². The second-order valence-corrected chi connectivity index (χ2v) is 7.66. The highest BCUT2D eigenvalue weighted by Crippen LogP contribution is 2.33. The first-order valence-corrected chi connectivity index (χ1v) is 10.1. The van der Waals surface area contributed by atoms with E-state index in [-0.39, 0.29) is 12.1 Å². The van der Waals surface area contributed by atoms with E-state index >= 15 is 0 Å². The van der Waals surface area contributed by atoms with Crippen LogP contribution in [0.15, 0.2) is 41.1 Å². The summed E-state index contributed by atoms with van der Waals surface area (Å²) in [5, 5.41) is 5.51. The van der Waals surface area contributed by atoms with Crippen molar-refractivity contribution >= 4 is 22.4 Å². The molecule has 9 nitrogen and oxygen atoms in total. The van der Waals surface area contributed by atoms with Gasteiger partial charge in [-0.3, -0.25) is 0 Å². The number of pyridine rings is 1. The van der Waals surface area contributed by atoms with Crippen molar-refractivity contribution in [2.24, 2.45) is 5.73 Å². The Morgan fingerprint density at radius 1 is 1.30 bits per heavy atom. The zero-order valence-corrected chi connectivity index (χ0v) is 17.0. The fourth-order valence-electron chi connectivity index (χ4n) is 3.66. The monoisotopic (exact) mass is 408 g/mol. The topological polar surface area (TPSA) is 104 Å². The van der Waals surface area contributed by atoms with Gasteiger partial charge in [-0.25, -0.2) is 14.5 Å². The third-order valence-corrected chi connectivity index (χ3v) is 5.05. The molecule has 1 aliphatic rings. The molecule has 2 N–H and O–H groups in total. The minimum absolute atomic E-state index is 0.0750. The number of aromatic nitrogens is 4. The summed E-state index contributed by atoms with van der Waals surface area (Å²) >= 11 is 0. The van der Waals surface area contributed by atoms with Crippen LogP contribution in [-0.4, -0.2) is 58.0 Å². The zero-order chi connectivity index (χ0) is 20.7. The van der Waals surface area contributed by atoms with Crippen LogP contribution in [-0.2, 0) is 4.74 Å². The molecule has 9 heteroatoms. The van der Waals surface area contributed by atoms with Gasteiger partial charge in [-0.05, 0) is 32.0 Å². The molecule has 4 aromatic rings. The van der Waals surface area contributed by atoms with Crippen molar-refractivity contribution in [1.29, 1.82) is 0 Å². The Morgan fingerprint density at radius 2 is 2.20 bits per heavy atom. The molecule has 1 aliphatic heterocycles. The zero-order valence-electron chi connectivity index (χ0n) is 17.0. The molecule has 5 heterocycles. The number of nitrogens with zero attached hydrogens (tertiary/aromatic N) is 5. The van der Waals surface area contributed by atoms with E-state index in [1.807, 2.05) is 25.1 Å². The Labute approximate surface area is 173 Å². The summed E-state index contributed by atoms with van der Waals surface area (Å²) in [5.74, 6) is 2.06. The SMILES string of the molecule is C[C@H](N)COc1ccc2ncc(-c3cc4c(N5CCO[C@@H](C)C5)nccc4o3)n2n1. The maximum absolute atomic E-state index is 6.16. The number of morpholine rings is 1. The Hall–Kier alpha value is -3.17. The lowest BCUT2D eigenvalue weighted by Gasteiger charge is -2.32. The number of furan rings is 1. The van der Waals surface area contributed by atoms with Gasteiger partial charge in [0.15, 0.2) is 11.4 Å². The van der Waals surface area contributed by atoms with Crippen LogP contribution < -0.4 is 15.4 Å². The second kappa shape index (κ2) is 7.58. The number of imidazole rings is 1. The van der Waals surface area contributed by atoms with Crippen LogP contribution in [0.3, 0.4) is 0 Å². The van der Waals surface area contributed by atoms with Crippen molar-refractivity contribution in [2.75, 3.05) is 31.2 Å². The van der Waals surface area contributed by atoms with E-state index in [4.69, 9.17) is 19.6 Å². The lowest BCUT2D eigenvalue weighted by Crippen LogP contribution is -2.41. The van der Waals surface area contributed by atoms with Gasteiger partial charge in [-0.2, -0.15) is 0 Å². The Bertz CT molecular complexity index is 1180. The molecule has 4 aromatic heterocycles. The summed E-state index contributed by atoms with van der Waals surface area (Å²) < 4.78 is 19.2. The minimum Gasteiger partial charge on any atom is -0.475 e. The lowest BCUT2D eigenvalue weighted by atomic mass is 10.2. The fourth-order valence-corrected chi connectivity index (χ4v) is 3.66. The minimum atomic E-state index is -0.0750. The van der Waals surface area contributed by atoms with E-state index in [1.54, 1.807) is 23.0 Å². The molecular formula is C21H24N6O3. The summed E-state index contributed by atoms with van der Waals surface area (Å²) in [4.78, 5) is 11.3. The van der Waals surface area contributed by atoms with Gasteiger partial charge >= 0.3 is 0 Å². The van der Waals surface area contributed by atoms with Crippen LogP contribution in [0, 0.1) is 0 Å². The van der Waals surface area contributed by atoms with E-state index in [0.29, 0.717) is 30.5 Å². The molecule has 0 spiro atoms. The predicted molar refractivity (Wildman–Crippen MR) is 113 cm³/mol. The van der Waals surface area contributed by atoms with Crippen LogP contribution >= 0.6 is 0 Å². The van der Waals surface area contributed by atoms with Gasteiger partial charge in [0, 0.05) is 31.4 Å². The molecule has 1 saturated heterocycles. The number of fused-ring (bicyclic) bond motifs is 2. The van der Waals surface area contributed by atoms with E-state index in [0.717, 1.165) is 35.6 Å². The second-order valence-electron chi connectivity index (χ2n) is 7.66. The van der Waals surface area contributed by atoms with Gasteiger partial charge < -0.3 is 24.5 Å². The number of hydrogen-bond acceptors (Lipinski definition) is 8. The first kappa shape index (κ1) is 18.8. The van der Waals surface area contributed by atoms with E-state index in [2.05, 4.69) is 26.9 Å². The van der Waals surface area contributed by atoms with Crippen LogP contribution in [0.1, 0.15) is 13.8 Å². The Morgan fingerprint density at radius 3 is 3.03 bits per heavy atom. The molecule has 0 aliphatic carbocycles. The molecule has 0 aromatic carbocycles. The van der Waals surface area contributed by atoms with E-state index < -0.39 is 0 Å². The predicted octanol–water partition coefficient (Wildman–Crippen LogP) is 2.49. The molecule has 30 heavy (non-hydrogen) atoms. The van der Waals surface area contributed by atoms with Gasteiger partial charge in [0.25, 0.3) is 0 Å². The molecule has 2 atom stereocenters. The smallest absolute Gasteiger partial charge is 0.231 e. The van der Waals surface area contributed by atoms with Crippen LogP contribution in [0.4, 0.5) is 5.82 Å². The maximum Gasteiger partial charge on any atom is 0.231 e. The Kier molecular flexibility index (Phi) is 4.76. The molecule has 0 unspecified atom stereocenters. The van der Waals surface area contributed by atoms with Crippen molar-refractivity contribution in [2.45, 2.75) is 26.0 Å². The highest BCUT2D eigenvalue weighted by Gasteiger charge is 2.22. The number of anilines is 1. The first-order valence-electron chi connectivity index (χ1n) is 10.1. The van der Waals surface area contributed by atoms with Gasteiger partial charge in [-0.15, -0.1) is 5.10 Å². The largest absolute Gasteiger partial charge is 0.475 e. The molecule has 0 bridgehead atoms. The van der Waals surface area contributed by atoms with Gasteiger partial charge in [0.2, 0.25) is 5.88 Å². The number of nitrogens with two attached hydrogens (primary N) is 1. The molecule has 0 radical (unpaired) electrons. The summed E-state index contributed by atoms with van der Waals surface area (Å²) in [7, 11) is 0.